The molecule has 156 valence electrons. The fourth-order valence-electron chi connectivity index (χ4n) is 2.83. The number of hydrogen-bond donors (Lipinski definition) is 0. The molecule has 2 aromatic carbocycles. The number of carbonyl (C=O) groups excluding carboxylic acids is 3. The van der Waals surface area contributed by atoms with Crippen LogP contribution >= 0.6 is 0 Å². The minimum absolute atomic E-state index is 0.00337. The number of rotatable bonds is 4. The molecule has 1 aliphatic heterocycles. The minimum Gasteiger partial charge on any atom is -0.439 e. The molecule has 0 saturated heterocycles. The Labute approximate surface area is 172 Å². The van der Waals surface area contributed by atoms with Crippen molar-refractivity contribution in [3.63, 3.8) is 0 Å². The van der Waals surface area contributed by atoms with Crippen molar-refractivity contribution >= 4 is 17.8 Å². The number of pyridine rings is 1. The molecule has 1 aromatic heterocycles. The lowest BCUT2D eigenvalue weighted by molar-refractivity contribution is -0.137. The minimum atomic E-state index is -4.57. The summed E-state index contributed by atoms with van der Waals surface area (Å²) in [6.07, 6.45) is -3.63. The van der Waals surface area contributed by atoms with Gasteiger partial charge in [-0.1, -0.05) is 23.3 Å². The quantitative estimate of drug-likeness (QED) is 0.578. The summed E-state index contributed by atoms with van der Waals surface area (Å²) in [6.45, 7) is 0. The maximum atomic E-state index is 12.8. The Balaban J connectivity index is 1.51. The van der Waals surface area contributed by atoms with Crippen molar-refractivity contribution in [3.05, 3.63) is 89.1 Å². The third-order valence-corrected chi connectivity index (χ3v) is 4.29. The van der Waals surface area contributed by atoms with Crippen molar-refractivity contribution < 1.29 is 37.1 Å². The fraction of sp³-hybridized carbons (Fsp3) is 0.0476. The average Bonchev–Trinajstić information content (AvgIpc) is 2.99. The van der Waals surface area contributed by atoms with E-state index < -0.39 is 29.5 Å². The van der Waals surface area contributed by atoms with Gasteiger partial charge in [0.05, 0.1) is 22.3 Å². The molecule has 31 heavy (non-hydrogen) atoms. The lowest BCUT2D eigenvalue weighted by Crippen LogP contribution is -2.32. The van der Waals surface area contributed by atoms with Gasteiger partial charge in [0.2, 0.25) is 5.88 Å². The van der Waals surface area contributed by atoms with Gasteiger partial charge in [0.1, 0.15) is 5.75 Å². The van der Waals surface area contributed by atoms with E-state index in [4.69, 9.17) is 9.57 Å². The Bertz CT molecular complexity index is 1170. The van der Waals surface area contributed by atoms with Crippen molar-refractivity contribution in [2.45, 2.75) is 6.18 Å². The molecule has 2 heterocycles. The van der Waals surface area contributed by atoms with Crippen LogP contribution in [0.4, 0.5) is 13.2 Å². The van der Waals surface area contributed by atoms with Gasteiger partial charge >= 0.3 is 12.1 Å². The number of nitrogens with zero attached hydrogens (tertiary/aromatic N) is 2. The molecule has 0 saturated carbocycles. The Kier molecular flexibility index (Phi) is 4.90. The number of alkyl halides is 3. The maximum Gasteiger partial charge on any atom is 0.416 e. The molecule has 0 spiro atoms. The highest BCUT2D eigenvalue weighted by Gasteiger charge is 2.38. The number of carbonyl (C=O) groups is 3. The van der Waals surface area contributed by atoms with Crippen LogP contribution in [0.15, 0.2) is 66.9 Å². The standard InChI is InChI=1S/C21H11F3N2O5/c22-21(23,24)13-8-9-25-17(11-13)30-14-5-3-4-12(10-14)20(29)31-26-18(27)15-6-1-2-7-16(15)19(26)28/h1-11H. The first kappa shape index (κ1) is 20.1. The van der Waals surface area contributed by atoms with Crippen LogP contribution < -0.4 is 4.74 Å². The van der Waals surface area contributed by atoms with E-state index in [0.29, 0.717) is 11.1 Å². The summed E-state index contributed by atoms with van der Waals surface area (Å²) in [5.74, 6) is -2.93. The van der Waals surface area contributed by atoms with Gasteiger partial charge in [-0.25, -0.2) is 9.78 Å². The molecular formula is C21H11F3N2O5. The largest absolute Gasteiger partial charge is 0.439 e. The molecule has 10 heteroatoms. The Morgan fingerprint density at radius 3 is 2.23 bits per heavy atom. The van der Waals surface area contributed by atoms with Gasteiger partial charge < -0.3 is 9.57 Å². The van der Waals surface area contributed by atoms with E-state index in [0.717, 1.165) is 12.3 Å². The summed E-state index contributed by atoms with van der Waals surface area (Å²) < 4.78 is 43.8. The molecular weight excluding hydrogens is 417 g/mol. The van der Waals surface area contributed by atoms with Crippen LogP contribution in [0.2, 0.25) is 0 Å². The van der Waals surface area contributed by atoms with Gasteiger partial charge in [-0.15, -0.1) is 0 Å². The number of aromatic nitrogens is 1. The number of hydroxylamine groups is 2. The highest BCUT2D eigenvalue weighted by molar-refractivity contribution is 6.21. The van der Waals surface area contributed by atoms with Gasteiger partial charge in [-0.05, 0) is 36.4 Å². The number of amides is 2. The molecule has 0 aliphatic carbocycles. The van der Waals surface area contributed by atoms with Crippen molar-refractivity contribution in [2.75, 3.05) is 0 Å². The van der Waals surface area contributed by atoms with E-state index in [1.54, 1.807) is 12.1 Å². The van der Waals surface area contributed by atoms with E-state index in [2.05, 4.69) is 4.98 Å². The predicted molar refractivity (Wildman–Crippen MR) is 98.1 cm³/mol. The number of benzene rings is 2. The first-order valence-corrected chi connectivity index (χ1v) is 8.75. The molecule has 0 unspecified atom stereocenters. The van der Waals surface area contributed by atoms with E-state index in [1.807, 2.05) is 0 Å². The van der Waals surface area contributed by atoms with Crippen LogP contribution in [-0.2, 0) is 11.0 Å². The molecule has 1 aliphatic rings. The first-order chi connectivity index (χ1) is 14.7. The fourth-order valence-corrected chi connectivity index (χ4v) is 2.83. The van der Waals surface area contributed by atoms with Gasteiger partial charge in [-0.2, -0.15) is 13.2 Å². The van der Waals surface area contributed by atoms with Gasteiger partial charge in [-0.3, -0.25) is 9.59 Å². The molecule has 0 atom stereocenters. The molecule has 2 amide bonds. The first-order valence-electron chi connectivity index (χ1n) is 8.75. The highest BCUT2D eigenvalue weighted by Crippen LogP contribution is 2.32. The van der Waals surface area contributed by atoms with Crippen LogP contribution in [0.25, 0.3) is 0 Å². The van der Waals surface area contributed by atoms with Crippen LogP contribution in [0, 0.1) is 0 Å². The van der Waals surface area contributed by atoms with Gasteiger partial charge in [0, 0.05) is 12.3 Å². The van der Waals surface area contributed by atoms with Crippen LogP contribution in [0.5, 0.6) is 11.6 Å². The van der Waals surface area contributed by atoms with Gasteiger partial charge in [0.15, 0.2) is 0 Å². The van der Waals surface area contributed by atoms with Gasteiger partial charge in [0.25, 0.3) is 11.8 Å². The number of fused-ring (bicyclic) bond motifs is 1. The topological polar surface area (TPSA) is 85.8 Å². The van der Waals surface area contributed by atoms with Crippen molar-refractivity contribution in [2.24, 2.45) is 0 Å². The maximum absolute atomic E-state index is 12.8. The Hall–Kier alpha value is -4.21. The van der Waals surface area contributed by atoms with E-state index >= 15 is 0 Å². The molecule has 0 bridgehead atoms. The Morgan fingerprint density at radius 2 is 1.58 bits per heavy atom. The van der Waals surface area contributed by atoms with E-state index in [9.17, 15) is 27.6 Å². The van der Waals surface area contributed by atoms with Crippen molar-refractivity contribution in [3.8, 4) is 11.6 Å². The molecule has 0 radical (unpaired) electrons. The lowest BCUT2D eigenvalue weighted by atomic mass is 10.1. The molecule has 4 rings (SSSR count). The van der Waals surface area contributed by atoms with Crippen LogP contribution in [0.3, 0.4) is 0 Å². The third kappa shape index (κ3) is 3.95. The Morgan fingerprint density at radius 1 is 0.903 bits per heavy atom. The summed E-state index contributed by atoms with van der Waals surface area (Å²) >= 11 is 0. The summed E-state index contributed by atoms with van der Waals surface area (Å²) in [6, 6.07) is 12.8. The van der Waals surface area contributed by atoms with E-state index in [-0.39, 0.29) is 28.3 Å². The monoisotopic (exact) mass is 428 g/mol. The summed E-state index contributed by atoms with van der Waals surface area (Å²) in [5.41, 5.74) is -0.833. The van der Waals surface area contributed by atoms with E-state index in [1.165, 1.54) is 36.4 Å². The summed E-state index contributed by atoms with van der Waals surface area (Å²) in [4.78, 5) is 45.7. The molecule has 3 aromatic rings. The summed E-state index contributed by atoms with van der Waals surface area (Å²) in [5, 5.41) is 0.356. The second kappa shape index (κ2) is 7.56. The van der Waals surface area contributed by atoms with Crippen LogP contribution in [0.1, 0.15) is 36.6 Å². The average molecular weight is 428 g/mol. The number of ether oxygens (including phenoxy) is 1. The molecule has 0 N–H and O–H groups in total. The second-order valence-electron chi connectivity index (χ2n) is 6.34. The normalized spacial score (nSPS) is 13.2. The highest BCUT2D eigenvalue weighted by atomic mass is 19.4. The van der Waals surface area contributed by atoms with Crippen LogP contribution in [-0.4, -0.2) is 27.8 Å². The molecule has 7 nitrogen and oxygen atoms in total. The zero-order chi connectivity index (χ0) is 22.2. The smallest absolute Gasteiger partial charge is 0.416 e. The second-order valence-corrected chi connectivity index (χ2v) is 6.34. The van der Waals surface area contributed by atoms with Crippen molar-refractivity contribution in [1.82, 2.24) is 10.0 Å². The zero-order valence-electron chi connectivity index (χ0n) is 15.4. The zero-order valence-corrected chi connectivity index (χ0v) is 15.4. The van der Waals surface area contributed by atoms with Crippen molar-refractivity contribution in [1.29, 1.82) is 0 Å². The SMILES string of the molecule is O=C(ON1C(=O)c2ccccc2C1=O)c1cccc(Oc2cc(C(F)(F)F)ccn2)c1. The molecule has 0 fully saturated rings. The number of halogens is 3. The number of hydrogen-bond acceptors (Lipinski definition) is 6. The predicted octanol–water partition coefficient (Wildman–Crippen LogP) is 4.26. The lowest BCUT2D eigenvalue weighted by Gasteiger charge is -2.13. The summed E-state index contributed by atoms with van der Waals surface area (Å²) in [7, 11) is 0. The number of imide groups is 1. The third-order valence-electron chi connectivity index (χ3n) is 4.29.